The highest BCUT2D eigenvalue weighted by atomic mass is 15.3. The van der Waals surface area contributed by atoms with Crippen LogP contribution in [0.4, 0.5) is 5.82 Å². The summed E-state index contributed by atoms with van der Waals surface area (Å²) in [6, 6.07) is 0. The van der Waals surface area contributed by atoms with Gasteiger partial charge in [-0.05, 0) is 19.3 Å². The van der Waals surface area contributed by atoms with Crippen molar-refractivity contribution in [1.29, 1.82) is 0 Å². The van der Waals surface area contributed by atoms with E-state index in [4.69, 9.17) is 5.73 Å². The Kier molecular flexibility index (Phi) is 7.30. The van der Waals surface area contributed by atoms with E-state index in [2.05, 4.69) is 28.9 Å². The van der Waals surface area contributed by atoms with Gasteiger partial charge in [-0.3, -0.25) is 0 Å². The predicted molar refractivity (Wildman–Crippen MR) is 95.5 cm³/mol. The summed E-state index contributed by atoms with van der Waals surface area (Å²) in [6.07, 6.45) is 15.2. The van der Waals surface area contributed by atoms with E-state index in [0.717, 1.165) is 30.5 Å². The van der Waals surface area contributed by atoms with E-state index in [0.29, 0.717) is 11.6 Å². The molecule has 0 atom stereocenters. The summed E-state index contributed by atoms with van der Waals surface area (Å²) in [5.41, 5.74) is 8.55. The molecule has 0 aliphatic rings. The summed E-state index contributed by atoms with van der Waals surface area (Å²) in [7, 11) is 0. The number of hydrogen-bond acceptors (Lipinski definition) is 4. The van der Waals surface area contributed by atoms with Crippen molar-refractivity contribution in [3.05, 3.63) is 17.6 Å². The van der Waals surface area contributed by atoms with Crippen molar-refractivity contribution in [3.63, 3.8) is 0 Å². The zero-order valence-corrected chi connectivity index (χ0v) is 14.7. The Balaban J connectivity index is 1.87. The Bertz CT molecular complexity index is 590. The standard InChI is InChI=1S/C18H31N5/c1-3-5-6-7-8-9-10-11-13-16-15(12-4-2)17(19)23-18(22-16)20-14-21-23/h14H,3-13,19H2,1-2H3. The molecule has 2 N–H and O–H groups in total. The van der Waals surface area contributed by atoms with Gasteiger partial charge in [0.05, 0.1) is 5.69 Å². The summed E-state index contributed by atoms with van der Waals surface area (Å²) in [5, 5.41) is 4.17. The lowest BCUT2D eigenvalue weighted by atomic mass is 10.0. The van der Waals surface area contributed by atoms with Crippen LogP contribution in [0.15, 0.2) is 6.33 Å². The first-order valence-electron chi connectivity index (χ1n) is 9.24. The molecule has 0 amide bonds. The van der Waals surface area contributed by atoms with Crippen molar-refractivity contribution in [1.82, 2.24) is 19.6 Å². The van der Waals surface area contributed by atoms with Crippen molar-refractivity contribution in [3.8, 4) is 0 Å². The number of rotatable bonds is 11. The molecule has 23 heavy (non-hydrogen) atoms. The van der Waals surface area contributed by atoms with Crippen LogP contribution in [0, 0.1) is 0 Å². The fourth-order valence-electron chi connectivity index (χ4n) is 3.10. The molecule has 0 spiro atoms. The zero-order chi connectivity index (χ0) is 16.5. The Morgan fingerprint density at radius 1 is 0.913 bits per heavy atom. The van der Waals surface area contributed by atoms with Crippen molar-refractivity contribution in [2.24, 2.45) is 0 Å². The number of anilines is 1. The van der Waals surface area contributed by atoms with Gasteiger partial charge >= 0.3 is 0 Å². The fraction of sp³-hybridized carbons (Fsp3) is 0.722. The minimum atomic E-state index is 0.622. The zero-order valence-electron chi connectivity index (χ0n) is 14.7. The molecular formula is C18H31N5. The van der Waals surface area contributed by atoms with Crippen LogP contribution in [0.25, 0.3) is 5.78 Å². The van der Waals surface area contributed by atoms with Crippen LogP contribution >= 0.6 is 0 Å². The molecule has 2 heterocycles. The van der Waals surface area contributed by atoms with Crippen LogP contribution in [0.5, 0.6) is 0 Å². The second-order valence-electron chi connectivity index (χ2n) is 6.37. The number of hydrogen-bond donors (Lipinski definition) is 1. The van der Waals surface area contributed by atoms with Crippen LogP contribution in [0.1, 0.15) is 82.9 Å². The smallest absolute Gasteiger partial charge is 0.254 e. The first-order chi connectivity index (χ1) is 11.3. The van der Waals surface area contributed by atoms with E-state index in [1.165, 1.54) is 57.7 Å². The Labute approximate surface area is 139 Å². The molecule has 2 aromatic rings. The molecule has 0 fully saturated rings. The van der Waals surface area contributed by atoms with E-state index in [1.807, 2.05) is 0 Å². The molecule has 0 saturated carbocycles. The second-order valence-corrected chi connectivity index (χ2v) is 6.37. The minimum Gasteiger partial charge on any atom is -0.383 e. The maximum Gasteiger partial charge on any atom is 0.254 e. The van der Waals surface area contributed by atoms with E-state index in [-0.39, 0.29) is 0 Å². The molecule has 0 aliphatic heterocycles. The lowest BCUT2D eigenvalue weighted by molar-refractivity contribution is 0.573. The predicted octanol–water partition coefficient (Wildman–Crippen LogP) is 4.34. The third-order valence-corrected chi connectivity index (χ3v) is 4.42. The quantitative estimate of drug-likeness (QED) is 0.626. The van der Waals surface area contributed by atoms with Gasteiger partial charge in [-0.15, -0.1) is 0 Å². The lowest BCUT2D eigenvalue weighted by Gasteiger charge is -2.12. The molecule has 5 heteroatoms. The molecule has 128 valence electrons. The van der Waals surface area contributed by atoms with E-state index < -0.39 is 0 Å². The molecule has 0 unspecified atom stereocenters. The number of unbranched alkanes of at least 4 members (excludes halogenated alkanes) is 7. The van der Waals surface area contributed by atoms with Crippen molar-refractivity contribution < 1.29 is 0 Å². The minimum absolute atomic E-state index is 0.622. The average molecular weight is 317 g/mol. The highest BCUT2D eigenvalue weighted by Gasteiger charge is 2.13. The van der Waals surface area contributed by atoms with Gasteiger partial charge in [0, 0.05) is 5.56 Å². The highest BCUT2D eigenvalue weighted by Crippen LogP contribution is 2.20. The molecular weight excluding hydrogens is 286 g/mol. The lowest BCUT2D eigenvalue weighted by Crippen LogP contribution is -2.10. The second kappa shape index (κ2) is 9.48. The third-order valence-electron chi connectivity index (χ3n) is 4.42. The largest absolute Gasteiger partial charge is 0.383 e. The normalized spacial score (nSPS) is 11.4. The number of nitrogen functional groups attached to an aromatic ring is 1. The van der Waals surface area contributed by atoms with Crippen molar-refractivity contribution in [2.75, 3.05) is 5.73 Å². The van der Waals surface area contributed by atoms with Crippen molar-refractivity contribution >= 4 is 11.6 Å². The first kappa shape index (κ1) is 17.7. The molecule has 0 aliphatic carbocycles. The van der Waals surface area contributed by atoms with Crippen LogP contribution < -0.4 is 5.73 Å². The summed E-state index contributed by atoms with van der Waals surface area (Å²) >= 11 is 0. The molecule has 2 aromatic heterocycles. The van der Waals surface area contributed by atoms with Crippen LogP contribution in [0.2, 0.25) is 0 Å². The SMILES string of the molecule is CCCCCCCCCCc1nc2ncnn2c(N)c1CCC. The number of fused-ring (bicyclic) bond motifs is 1. The van der Waals surface area contributed by atoms with E-state index >= 15 is 0 Å². The van der Waals surface area contributed by atoms with Crippen LogP contribution in [-0.2, 0) is 12.8 Å². The molecule has 0 saturated heterocycles. The number of nitrogens with two attached hydrogens (primary N) is 1. The molecule has 0 radical (unpaired) electrons. The maximum atomic E-state index is 6.27. The van der Waals surface area contributed by atoms with Gasteiger partial charge in [0.2, 0.25) is 0 Å². The van der Waals surface area contributed by atoms with Gasteiger partial charge in [-0.1, -0.05) is 65.2 Å². The third kappa shape index (κ3) is 4.91. The van der Waals surface area contributed by atoms with Gasteiger partial charge in [0.25, 0.3) is 5.78 Å². The van der Waals surface area contributed by atoms with Gasteiger partial charge in [-0.2, -0.15) is 14.6 Å². The Hall–Kier alpha value is -1.65. The number of aromatic nitrogens is 4. The van der Waals surface area contributed by atoms with Gasteiger partial charge in [0.1, 0.15) is 12.1 Å². The first-order valence-corrected chi connectivity index (χ1v) is 9.24. The monoisotopic (exact) mass is 317 g/mol. The van der Waals surface area contributed by atoms with Gasteiger partial charge in [0.15, 0.2) is 0 Å². The maximum absolute atomic E-state index is 6.27. The molecule has 2 rings (SSSR count). The van der Waals surface area contributed by atoms with Crippen LogP contribution in [0.3, 0.4) is 0 Å². The topological polar surface area (TPSA) is 69.1 Å². The number of nitrogens with zero attached hydrogens (tertiary/aromatic N) is 4. The average Bonchev–Trinajstić information content (AvgIpc) is 3.02. The van der Waals surface area contributed by atoms with Crippen LogP contribution in [-0.4, -0.2) is 19.6 Å². The fourth-order valence-corrected chi connectivity index (χ4v) is 3.10. The van der Waals surface area contributed by atoms with Gasteiger partial charge in [-0.25, -0.2) is 4.98 Å². The van der Waals surface area contributed by atoms with E-state index in [9.17, 15) is 0 Å². The van der Waals surface area contributed by atoms with Gasteiger partial charge < -0.3 is 5.73 Å². The highest BCUT2D eigenvalue weighted by molar-refractivity contribution is 5.49. The Morgan fingerprint density at radius 3 is 2.30 bits per heavy atom. The Morgan fingerprint density at radius 2 is 1.61 bits per heavy atom. The summed E-state index contributed by atoms with van der Waals surface area (Å²) in [4.78, 5) is 8.87. The number of aryl methyl sites for hydroxylation is 1. The summed E-state index contributed by atoms with van der Waals surface area (Å²) in [6.45, 7) is 4.43. The molecule has 5 nitrogen and oxygen atoms in total. The molecule has 0 bridgehead atoms. The van der Waals surface area contributed by atoms with Crippen molar-refractivity contribution in [2.45, 2.75) is 84.5 Å². The summed E-state index contributed by atoms with van der Waals surface area (Å²) in [5.74, 6) is 1.33. The summed E-state index contributed by atoms with van der Waals surface area (Å²) < 4.78 is 1.65. The van der Waals surface area contributed by atoms with E-state index in [1.54, 1.807) is 4.52 Å². The molecule has 0 aromatic carbocycles.